The molecule has 0 aliphatic carbocycles. The zero-order valence-electron chi connectivity index (χ0n) is 18.0. The Labute approximate surface area is 193 Å². The zero-order valence-corrected chi connectivity index (χ0v) is 19.7. The molecule has 33 heavy (non-hydrogen) atoms. The molecule has 2 N–H and O–H groups in total. The molecular formula is C22H24N4O5S2. The molecule has 0 spiro atoms. The first-order chi connectivity index (χ1) is 15.6. The predicted octanol–water partition coefficient (Wildman–Crippen LogP) is 3.07. The van der Waals surface area contributed by atoms with Crippen molar-refractivity contribution in [2.75, 3.05) is 20.6 Å². The fourth-order valence-corrected chi connectivity index (χ4v) is 5.42. The Balaban J connectivity index is 1.79. The quantitative estimate of drug-likeness (QED) is 0.477. The summed E-state index contributed by atoms with van der Waals surface area (Å²) >= 11 is 0. The molecule has 0 aliphatic heterocycles. The summed E-state index contributed by atoms with van der Waals surface area (Å²) in [6.45, 7) is 1.71. The highest BCUT2D eigenvalue weighted by molar-refractivity contribution is 7.92. The molecule has 0 saturated heterocycles. The van der Waals surface area contributed by atoms with Crippen LogP contribution in [-0.4, -0.2) is 40.0 Å². The highest BCUT2D eigenvalue weighted by atomic mass is 32.2. The van der Waals surface area contributed by atoms with Gasteiger partial charge in [0, 0.05) is 11.9 Å². The fraction of sp³-hybridized carbons (Fsp3) is 0.182. The highest BCUT2D eigenvalue weighted by Crippen LogP contribution is 2.23. The highest BCUT2D eigenvalue weighted by Gasteiger charge is 2.31. The third-order valence-corrected chi connectivity index (χ3v) is 7.23. The van der Waals surface area contributed by atoms with Gasteiger partial charge in [0.15, 0.2) is 0 Å². The van der Waals surface area contributed by atoms with E-state index in [9.17, 15) is 21.6 Å². The van der Waals surface area contributed by atoms with E-state index in [1.165, 1.54) is 36.5 Å². The third-order valence-electron chi connectivity index (χ3n) is 4.68. The van der Waals surface area contributed by atoms with E-state index in [4.69, 9.17) is 0 Å². The van der Waals surface area contributed by atoms with Gasteiger partial charge in [0.1, 0.15) is 11.9 Å². The number of amides is 1. The SMILES string of the molecule is CC[C@H](C(=O)Nc1ccc(S(=O)(=O)Nc2ccccn2)cc1)N(c1ccccc1)S(C)(=O)=O. The molecule has 0 aliphatic rings. The largest absolute Gasteiger partial charge is 0.324 e. The first-order valence-corrected chi connectivity index (χ1v) is 13.3. The molecule has 3 rings (SSSR count). The zero-order chi connectivity index (χ0) is 24.1. The lowest BCUT2D eigenvalue weighted by Gasteiger charge is -2.30. The monoisotopic (exact) mass is 488 g/mol. The van der Waals surface area contributed by atoms with Gasteiger partial charge in [-0.25, -0.2) is 21.8 Å². The minimum Gasteiger partial charge on any atom is -0.324 e. The van der Waals surface area contributed by atoms with Crippen LogP contribution in [0.4, 0.5) is 17.2 Å². The molecule has 174 valence electrons. The van der Waals surface area contributed by atoms with Crippen molar-refractivity contribution in [1.82, 2.24) is 4.98 Å². The second-order valence-corrected chi connectivity index (χ2v) is 10.7. The van der Waals surface area contributed by atoms with Gasteiger partial charge in [0.2, 0.25) is 15.9 Å². The van der Waals surface area contributed by atoms with Crippen LogP contribution in [0.2, 0.25) is 0 Å². The van der Waals surface area contributed by atoms with Gasteiger partial charge in [-0.1, -0.05) is 31.2 Å². The van der Waals surface area contributed by atoms with Crippen LogP contribution in [0.25, 0.3) is 0 Å². The van der Waals surface area contributed by atoms with Gasteiger partial charge in [0.05, 0.1) is 16.8 Å². The van der Waals surface area contributed by atoms with Crippen LogP contribution in [-0.2, 0) is 24.8 Å². The van der Waals surface area contributed by atoms with Crippen molar-refractivity contribution < 1.29 is 21.6 Å². The molecule has 1 atom stereocenters. The molecule has 1 amide bonds. The van der Waals surface area contributed by atoms with E-state index in [1.54, 1.807) is 49.4 Å². The maximum Gasteiger partial charge on any atom is 0.263 e. The van der Waals surface area contributed by atoms with Crippen LogP contribution in [0.1, 0.15) is 13.3 Å². The Hall–Kier alpha value is -3.44. The molecule has 11 heteroatoms. The van der Waals surface area contributed by atoms with Gasteiger partial charge in [0.25, 0.3) is 10.0 Å². The van der Waals surface area contributed by atoms with E-state index in [-0.39, 0.29) is 17.1 Å². The molecular weight excluding hydrogens is 464 g/mol. The maximum absolute atomic E-state index is 13.0. The van der Waals surface area contributed by atoms with Crippen molar-refractivity contribution >= 4 is 43.1 Å². The normalized spacial score (nSPS) is 12.5. The summed E-state index contributed by atoms with van der Waals surface area (Å²) in [5.41, 5.74) is 0.709. The van der Waals surface area contributed by atoms with Crippen molar-refractivity contribution in [3.05, 3.63) is 79.0 Å². The molecule has 2 aromatic carbocycles. The Morgan fingerprint density at radius 2 is 1.58 bits per heavy atom. The number of anilines is 3. The second-order valence-electron chi connectivity index (χ2n) is 7.15. The Kier molecular flexibility index (Phi) is 7.34. The second kappa shape index (κ2) is 10.0. The first-order valence-electron chi connectivity index (χ1n) is 10.0. The van der Waals surface area contributed by atoms with Crippen molar-refractivity contribution in [2.24, 2.45) is 0 Å². The van der Waals surface area contributed by atoms with E-state index >= 15 is 0 Å². The summed E-state index contributed by atoms with van der Waals surface area (Å²) in [7, 11) is -7.60. The smallest absolute Gasteiger partial charge is 0.263 e. The van der Waals surface area contributed by atoms with Crippen molar-refractivity contribution in [3.63, 3.8) is 0 Å². The number of nitrogens with one attached hydrogen (secondary N) is 2. The topological polar surface area (TPSA) is 126 Å². The first kappa shape index (κ1) is 24.2. The van der Waals surface area contributed by atoms with Crippen LogP contribution >= 0.6 is 0 Å². The number of para-hydroxylation sites is 1. The van der Waals surface area contributed by atoms with Crippen LogP contribution < -0.4 is 14.3 Å². The van der Waals surface area contributed by atoms with Crippen molar-refractivity contribution in [1.29, 1.82) is 0 Å². The molecule has 1 aromatic heterocycles. The van der Waals surface area contributed by atoms with Crippen LogP contribution in [0.5, 0.6) is 0 Å². The molecule has 0 fully saturated rings. The number of rotatable bonds is 9. The van der Waals surface area contributed by atoms with E-state index in [2.05, 4.69) is 15.0 Å². The minimum atomic E-state index is -3.86. The maximum atomic E-state index is 13.0. The van der Waals surface area contributed by atoms with E-state index in [0.29, 0.717) is 11.4 Å². The van der Waals surface area contributed by atoms with Gasteiger partial charge < -0.3 is 5.32 Å². The Bertz CT molecular complexity index is 1300. The van der Waals surface area contributed by atoms with Gasteiger partial charge in [-0.05, 0) is 55.0 Å². The van der Waals surface area contributed by atoms with E-state index in [1.807, 2.05) is 0 Å². The van der Waals surface area contributed by atoms with E-state index in [0.717, 1.165) is 10.6 Å². The molecule has 0 saturated carbocycles. The Morgan fingerprint density at radius 3 is 2.12 bits per heavy atom. The van der Waals surface area contributed by atoms with Crippen LogP contribution in [0.3, 0.4) is 0 Å². The molecule has 0 bridgehead atoms. The minimum absolute atomic E-state index is 0.0137. The van der Waals surface area contributed by atoms with Crippen LogP contribution in [0, 0.1) is 0 Å². The third kappa shape index (κ3) is 6.08. The van der Waals surface area contributed by atoms with Gasteiger partial charge >= 0.3 is 0 Å². The van der Waals surface area contributed by atoms with E-state index < -0.39 is 32.0 Å². The Morgan fingerprint density at radius 1 is 0.939 bits per heavy atom. The summed E-state index contributed by atoms with van der Waals surface area (Å²) in [6, 6.07) is 17.8. The number of pyridine rings is 1. The lowest BCUT2D eigenvalue weighted by molar-refractivity contribution is -0.117. The number of benzene rings is 2. The molecule has 9 nitrogen and oxygen atoms in total. The standard InChI is InChI=1S/C22H24N4O5S2/c1-3-20(26(32(2,28)29)18-9-5-4-6-10-18)22(27)24-17-12-14-19(15-13-17)33(30,31)25-21-11-7-8-16-23-21/h4-16,20H,3H2,1-2H3,(H,23,25)(H,24,27)/t20-/m1/s1. The molecule has 0 unspecified atom stereocenters. The van der Waals surface area contributed by atoms with Gasteiger partial charge in [-0.2, -0.15) is 0 Å². The van der Waals surface area contributed by atoms with Crippen molar-refractivity contribution in [3.8, 4) is 0 Å². The molecule has 0 radical (unpaired) electrons. The van der Waals surface area contributed by atoms with Gasteiger partial charge in [-0.3, -0.25) is 13.8 Å². The number of hydrogen-bond donors (Lipinski definition) is 2. The molecule has 3 aromatic rings. The summed E-state index contributed by atoms with van der Waals surface area (Å²) in [6.07, 6.45) is 2.74. The molecule has 1 heterocycles. The predicted molar refractivity (Wildman–Crippen MR) is 128 cm³/mol. The summed E-state index contributed by atoms with van der Waals surface area (Å²) in [5.74, 6) is -0.351. The van der Waals surface area contributed by atoms with Crippen LogP contribution in [0.15, 0.2) is 83.9 Å². The average molecular weight is 489 g/mol. The number of nitrogens with zero attached hydrogens (tertiary/aromatic N) is 2. The number of sulfonamides is 2. The van der Waals surface area contributed by atoms with Gasteiger partial charge in [-0.15, -0.1) is 0 Å². The number of hydrogen-bond acceptors (Lipinski definition) is 6. The fourth-order valence-electron chi connectivity index (χ4n) is 3.20. The number of carbonyl (C=O) groups is 1. The summed E-state index contributed by atoms with van der Waals surface area (Å²) in [4.78, 5) is 16.9. The summed E-state index contributed by atoms with van der Waals surface area (Å²) < 4.78 is 53.4. The number of carbonyl (C=O) groups excluding carboxylic acids is 1. The number of aromatic nitrogens is 1. The average Bonchev–Trinajstić information content (AvgIpc) is 2.77. The van der Waals surface area contributed by atoms with Crippen molar-refractivity contribution in [2.45, 2.75) is 24.3 Å². The summed E-state index contributed by atoms with van der Waals surface area (Å²) in [5, 5.41) is 2.67. The lowest BCUT2D eigenvalue weighted by Crippen LogP contribution is -2.46. The lowest BCUT2D eigenvalue weighted by atomic mass is 10.2.